The van der Waals surface area contributed by atoms with Gasteiger partial charge in [-0.25, -0.2) is 0 Å². The van der Waals surface area contributed by atoms with Crippen LogP contribution >= 0.6 is 0 Å². The van der Waals surface area contributed by atoms with Crippen LogP contribution in [-0.4, -0.2) is 29.3 Å². The molecule has 0 aromatic carbocycles. The van der Waals surface area contributed by atoms with E-state index in [9.17, 15) is 4.79 Å². The maximum atomic E-state index is 12.1. The fourth-order valence-corrected chi connectivity index (χ4v) is 4.83. The van der Waals surface area contributed by atoms with Gasteiger partial charge in [-0.15, -0.1) is 0 Å². The molecule has 0 aromatic heterocycles. The highest BCUT2D eigenvalue weighted by Gasteiger charge is 2.41. The smallest absolute Gasteiger partial charge is 0.137 e. The summed E-state index contributed by atoms with van der Waals surface area (Å²) in [6.07, 6.45) is 12.7. The predicted molar refractivity (Wildman–Crippen MR) is 78.1 cm³/mol. The van der Waals surface area contributed by atoms with E-state index in [1.54, 1.807) is 0 Å². The second-order valence-electron chi connectivity index (χ2n) is 7.00. The molecule has 108 valence electrons. The van der Waals surface area contributed by atoms with Crippen LogP contribution in [0.25, 0.3) is 0 Å². The third-order valence-corrected chi connectivity index (χ3v) is 6.02. The third kappa shape index (κ3) is 2.74. The zero-order valence-electron chi connectivity index (χ0n) is 12.4. The van der Waals surface area contributed by atoms with E-state index in [4.69, 9.17) is 0 Å². The number of carbonyl (C=O) groups is 1. The lowest BCUT2D eigenvalue weighted by molar-refractivity contribution is -0.122. The van der Waals surface area contributed by atoms with Crippen LogP contribution in [-0.2, 0) is 4.79 Å². The average molecular weight is 263 g/mol. The molecule has 1 saturated heterocycles. The molecule has 2 nitrogen and oxygen atoms in total. The van der Waals surface area contributed by atoms with Crippen LogP contribution in [0, 0.1) is 11.8 Å². The third-order valence-electron chi connectivity index (χ3n) is 6.02. The van der Waals surface area contributed by atoms with Crippen LogP contribution in [0.2, 0.25) is 0 Å². The van der Waals surface area contributed by atoms with Crippen LogP contribution in [0.15, 0.2) is 0 Å². The Balaban J connectivity index is 1.62. The lowest BCUT2D eigenvalue weighted by Crippen LogP contribution is -2.45. The lowest BCUT2D eigenvalue weighted by Gasteiger charge is -2.39. The SMILES string of the molecule is CCC1CCC(N2CCCC2C2CCCC2=O)CC1. The first-order valence-electron chi connectivity index (χ1n) is 8.58. The van der Waals surface area contributed by atoms with Gasteiger partial charge in [0.25, 0.3) is 0 Å². The Bertz CT molecular complexity index is 319. The molecule has 19 heavy (non-hydrogen) atoms. The Labute approximate surface area is 117 Å². The molecule has 0 spiro atoms. The minimum atomic E-state index is 0.395. The van der Waals surface area contributed by atoms with Gasteiger partial charge in [-0.1, -0.05) is 13.3 Å². The molecule has 1 heterocycles. The van der Waals surface area contributed by atoms with Gasteiger partial charge in [0.15, 0.2) is 0 Å². The summed E-state index contributed by atoms with van der Waals surface area (Å²) in [5.41, 5.74) is 0. The van der Waals surface area contributed by atoms with Crippen molar-refractivity contribution in [2.75, 3.05) is 6.54 Å². The Morgan fingerprint density at radius 2 is 1.84 bits per heavy atom. The van der Waals surface area contributed by atoms with Crippen LogP contribution in [0.5, 0.6) is 0 Å². The molecule has 2 aliphatic carbocycles. The molecule has 0 aromatic rings. The normalized spacial score (nSPS) is 41.0. The molecule has 3 fully saturated rings. The van der Waals surface area contributed by atoms with Crippen molar-refractivity contribution in [3.05, 3.63) is 0 Å². The van der Waals surface area contributed by atoms with Crippen LogP contribution in [0.4, 0.5) is 0 Å². The first kappa shape index (κ1) is 13.6. The van der Waals surface area contributed by atoms with E-state index in [0.29, 0.717) is 17.7 Å². The van der Waals surface area contributed by atoms with Crippen molar-refractivity contribution in [1.29, 1.82) is 0 Å². The predicted octanol–water partition coefficient (Wildman–Crippen LogP) is 3.79. The largest absolute Gasteiger partial charge is 0.299 e. The zero-order chi connectivity index (χ0) is 13.2. The van der Waals surface area contributed by atoms with E-state index < -0.39 is 0 Å². The first-order valence-corrected chi connectivity index (χ1v) is 8.58. The van der Waals surface area contributed by atoms with Crippen LogP contribution in [0.1, 0.15) is 71.1 Å². The summed E-state index contributed by atoms with van der Waals surface area (Å²) < 4.78 is 0. The van der Waals surface area contributed by atoms with Crippen molar-refractivity contribution in [1.82, 2.24) is 4.90 Å². The number of hydrogen-bond acceptors (Lipinski definition) is 2. The topological polar surface area (TPSA) is 20.3 Å². The van der Waals surface area contributed by atoms with Gasteiger partial charge in [0.1, 0.15) is 5.78 Å². The fourth-order valence-electron chi connectivity index (χ4n) is 4.83. The minimum Gasteiger partial charge on any atom is -0.299 e. The van der Waals surface area contributed by atoms with Crippen molar-refractivity contribution >= 4 is 5.78 Å². The summed E-state index contributed by atoms with van der Waals surface area (Å²) in [7, 11) is 0. The highest BCUT2D eigenvalue weighted by Crippen LogP contribution is 2.38. The number of hydrogen-bond donors (Lipinski definition) is 0. The molecule has 2 saturated carbocycles. The summed E-state index contributed by atoms with van der Waals surface area (Å²) in [5, 5.41) is 0. The van der Waals surface area contributed by atoms with Gasteiger partial charge in [0.2, 0.25) is 0 Å². The van der Waals surface area contributed by atoms with E-state index in [0.717, 1.165) is 24.8 Å². The molecule has 1 aliphatic heterocycles. The molecule has 0 amide bonds. The first-order chi connectivity index (χ1) is 9.29. The highest BCUT2D eigenvalue weighted by molar-refractivity contribution is 5.83. The zero-order valence-corrected chi connectivity index (χ0v) is 12.4. The Morgan fingerprint density at radius 1 is 1.05 bits per heavy atom. The fraction of sp³-hybridized carbons (Fsp3) is 0.941. The van der Waals surface area contributed by atoms with Crippen LogP contribution in [0.3, 0.4) is 0 Å². The molecule has 3 aliphatic rings. The second kappa shape index (κ2) is 5.95. The van der Waals surface area contributed by atoms with Crippen molar-refractivity contribution < 1.29 is 4.79 Å². The quantitative estimate of drug-likeness (QED) is 0.772. The Hall–Kier alpha value is -0.370. The molecule has 3 rings (SSSR count). The van der Waals surface area contributed by atoms with E-state index in [-0.39, 0.29) is 0 Å². The van der Waals surface area contributed by atoms with Crippen molar-refractivity contribution in [3.8, 4) is 0 Å². The molecule has 0 N–H and O–H groups in total. The van der Waals surface area contributed by atoms with E-state index >= 15 is 0 Å². The minimum absolute atomic E-state index is 0.395. The van der Waals surface area contributed by atoms with Gasteiger partial charge in [0, 0.05) is 24.4 Å². The average Bonchev–Trinajstić information content (AvgIpc) is 3.07. The van der Waals surface area contributed by atoms with E-state index in [2.05, 4.69) is 11.8 Å². The molecule has 2 unspecified atom stereocenters. The summed E-state index contributed by atoms with van der Waals surface area (Å²) >= 11 is 0. The number of carbonyl (C=O) groups excluding carboxylic acids is 1. The summed E-state index contributed by atoms with van der Waals surface area (Å²) in [6.45, 7) is 3.59. The lowest BCUT2D eigenvalue weighted by atomic mass is 9.83. The Kier molecular flexibility index (Phi) is 4.26. The maximum Gasteiger partial charge on any atom is 0.137 e. The second-order valence-corrected chi connectivity index (χ2v) is 7.00. The summed E-state index contributed by atoms with van der Waals surface area (Å²) in [4.78, 5) is 14.8. The van der Waals surface area contributed by atoms with Gasteiger partial charge in [-0.3, -0.25) is 9.69 Å². The highest BCUT2D eigenvalue weighted by atomic mass is 16.1. The van der Waals surface area contributed by atoms with E-state index in [1.807, 2.05) is 0 Å². The molecule has 0 radical (unpaired) electrons. The molecule has 2 atom stereocenters. The van der Waals surface area contributed by atoms with Gasteiger partial charge in [0.05, 0.1) is 0 Å². The van der Waals surface area contributed by atoms with Crippen LogP contribution < -0.4 is 0 Å². The standard InChI is InChI=1S/C17H29NO/c1-2-13-8-10-14(11-9-13)18-12-4-6-16(18)15-5-3-7-17(15)19/h13-16H,2-12H2,1H3. The number of ketones is 1. The van der Waals surface area contributed by atoms with Crippen molar-refractivity contribution in [2.45, 2.75) is 83.2 Å². The monoisotopic (exact) mass is 263 g/mol. The number of likely N-dealkylation sites (tertiary alicyclic amines) is 1. The number of nitrogens with zero attached hydrogens (tertiary/aromatic N) is 1. The van der Waals surface area contributed by atoms with E-state index in [1.165, 1.54) is 57.9 Å². The summed E-state index contributed by atoms with van der Waals surface area (Å²) in [5.74, 6) is 1.94. The van der Waals surface area contributed by atoms with Gasteiger partial charge in [-0.2, -0.15) is 0 Å². The van der Waals surface area contributed by atoms with Crippen molar-refractivity contribution in [3.63, 3.8) is 0 Å². The Morgan fingerprint density at radius 3 is 2.47 bits per heavy atom. The number of Topliss-reactive ketones (excluding diaryl/α,β-unsaturated/α-hetero) is 1. The molecular formula is C17H29NO. The molecular weight excluding hydrogens is 234 g/mol. The maximum absolute atomic E-state index is 12.1. The molecule has 0 bridgehead atoms. The number of rotatable bonds is 3. The van der Waals surface area contributed by atoms with Crippen molar-refractivity contribution in [2.24, 2.45) is 11.8 Å². The van der Waals surface area contributed by atoms with Gasteiger partial charge >= 0.3 is 0 Å². The molecule has 2 heteroatoms. The van der Waals surface area contributed by atoms with Gasteiger partial charge in [-0.05, 0) is 63.8 Å². The van der Waals surface area contributed by atoms with Gasteiger partial charge < -0.3 is 0 Å². The summed E-state index contributed by atoms with van der Waals surface area (Å²) in [6, 6.07) is 1.40.